The smallest absolute Gasteiger partial charge is 0.326 e. The van der Waals surface area contributed by atoms with Crippen molar-refractivity contribution in [2.45, 2.75) is 58.3 Å². The molecule has 0 aliphatic rings. The minimum atomic E-state index is -1.34. The van der Waals surface area contributed by atoms with Crippen LogP contribution in [0.5, 0.6) is 0 Å². The first-order valence-electron chi connectivity index (χ1n) is 8.05. The maximum Gasteiger partial charge on any atom is 0.326 e. The zero-order chi connectivity index (χ0) is 19.7. The summed E-state index contributed by atoms with van der Waals surface area (Å²) in [5.41, 5.74) is 5.38. The zero-order valence-corrected chi connectivity index (χ0v) is 14.9. The van der Waals surface area contributed by atoms with Crippen molar-refractivity contribution in [3.63, 3.8) is 0 Å². The molecule has 10 heteroatoms. The Morgan fingerprint density at radius 3 is 1.92 bits per heavy atom. The highest BCUT2D eigenvalue weighted by atomic mass is 16.4. The monoisotopic (exact) mass is 360 g/mol. The normalized spacial score (nSPS) is 16.7. The van der Waals surface area contributed by atoms with Gasteiger partial charge in [0.1, 0.15) is 18.1 Å². The predicted molar refractivity (Wildman–Crippen MR) is 89.3 cm³/mol. The Kier molecular flexibility index (Phi) is 9.69. The molecule has 25 heavy (non-hydrogen) atoms. The Labute approximate surface area is 146 Å². The number of rotatable bonds is 10. The first kappa shape index (κ1) is 22.8. The summed E-state index contributed by atoms with van der Waals surface area (Å²) in [5, 5.41) is 25.4. The van der Waals surface area contributed by atoms with Gasteiger partial charge in [0.05, 0.1) is 12.6 Å². The summed E-state index contributed by atoms with van der Waals surface area (Å²) in [5.74, 6) is -3.62. The van der Waals surface area contributed by atoms with Crippen LogP contribution in [0.3, 0.4) is 0 Å². The van der Waals surface area contributed by atoms with E-state index in [1.807, 2.05) is 0 Å². The van der Waals surface area contributed by atoms with Crippen molar-refractivity contribution in [1.82, 2.24) is 16.0 Å². The van der Waals surface area contributed by atoms with E-state index in [1.54, 1.807) is 13.8 Å². The summed E-state index contributed by atoms with van der Waals surface area (Å²) in [4.78, 5) is 46.9. The third-order valence-electron chi connectivity index (χ3n) is 3.76. The van der Waals surface area contributed by atoms with E-state index in [0.29, 0.717) is 6.42 Å². The van der Waals surface area contributed by atoms with E-state index < -0.39 is 54.5 Å². The van der Waals surface area contributed by atoms with Crippen LogP contribution < -0.4 is 21.7 Å². The van der Waals surface area contributed by atoms with Gasteiger partial charge in [-0.2, -0.15) is 0 Å². The molecule has 0 aliphatic heterocycles. The average molecular weight is 360 g/mol. The van der Waals surface area contributed by atoms with E-state index in [2.05, 4.69) is 16.0 Å². The molecule has 0 aromatic carbocycles. The van der Waals surface area contributed by atoms with E-state index in [1.165, 1.54) is 13.8 Å². The van der Waals surface area contributed by atoms with Gasteiger partial charge in [0.25, 0.3) is 0 Å². The molecule has 144 valence electrons. The van der Waals surface area contributed by atoms with Crippen LogP contribution in [0.1, 0.15) is 34.1 Å². The number of nitrogens with two attached hydrogens (primary N) is 1. The second kappa shape index (κ2) is 10.6. The fraction of sp³-hybridized carbons (Fsp3) is 0.733. The van der Waals surface area contributed by atoms with Crippen molar-refractivity contribution in [2.24, 2.45) is 11.7 Å². The number of aliphatic hydroxyl groups excluding tert-OH is 1. The lowest BCUT2D eigenvalue weighted by molar-refractivity contribution is -0.144. The highest BCUT2D eigenvalue weighted by molar-refractivity contribution is 5.93. The second-order valence-corrected chi connectivity index (χ2v) is 5.97. The van der Waals surface area contributed by atoms with Crippen LogP contribution in [0.15, 0.2) is 0 Å². The van der Waals surface area contributed by atoms with Crippen LogP contribution in [0.2, 0.25) is 0 Å². The van der Waals surface area contributed by atoms with Gasteiger partial charge in [-0.3, -0.25) is 14.4 Å². The molecule has 0 saturated heterocycles. The summed E-state index contributed by atoms with van der Waals surface area (Å²) in [6, 6.07) is -4.27. The maximum atomic E-state index is 12.1. The molecular weight excluding hydrogens is 332 g/mol. The van der Waals surface area contributed by atoms with E-state index in [-0.39, 0.29) is 5.92 Å². The number of carbonyl (C=O) groups excluding carboxylic acids is 3. The lowest BCUT2D eigenvalue weighted by Crippen LogP contribution is -2.58. The van der Waals surface area contributed by atoms with Crippen molar-refractivity contribution in [1.29, 1.82) is 0 Å². The van der Waals surface area contributed by atoms with Crippen molar-refractivity contribution in [3.05, 3.63) is 0 Å². The van der Waals surface area contributed by atoms with E-state index in [0.717, 1.165) is 0 Å². The molecule has 0 bridgehead atoms. The average Bonchev–Trinajstić information content (AvgIpc) is 2.55. The van der Waals surface area contributed by atoms with Crippen LogP contribution in [0.4, 0.5) is 0 Å². The van der Waals surface area contributed by atoms with Gasteiger partial charge in [-0.05, 0) is 19.8 Å². The molecule has 3 amide bonds. The van der Waals surface area contributed by atoms with Gasteiger partial charge in [-0.1, -0.05) is 20.3 Å². The largest absolute Gasteiger partial charge is 0.480 e. The molecule has 0 aromatic heterocycles. The van der Waals surface area contributed by atoms with Gasteiger partial charge < -0.3 is 31.9 Å². The molecule has 0 heterocycles. The van der Waals surface area contributed by atoms with Gasteiger partial charge in [0, 0.05) is 0 Å². The lowest BCUT2D eigenvalue weighted by atomic mass is 9.99. The number of aliphatic carboxylic acids is 1. The minimum Gasteiger partial charge on any atom is -0.480 e. The topological polar surface area (TPSA) is 171 Å². The number of aliphatic hydroxyl groups is 1. The van der Waals surface area contributed by atoms with Crippen molar-refractivity contribution >= 4 is 23.7 Å². The van der Waals surface area contributed by atoms with Crippen LogP contribution >= 0.6 is 0 Å². The van der Waals surface area contributed by atoms with E-state index in [9.17, 15) is 29.4 Å². The van der Waals surface area contributed by atoms with E-state index in [4.69, 9.17) is 5.73 Å². The molecule has 0 spiro atoms. The van der Waals surface area contributed by atoms with Crippen LogP contribution in [0, 0.1) is 5.92 Å². The van der Waals surface area contributed by atoms with Gasteiger partial charge in [0.2, 0.25) is 17.7 Å². The fourth-order valence-electron chi connectivity index (χ4n) is 1.84. The van der Waals surface area contributed by atoms with Gasteiger partial charge in [-0.25, -0.2) is 4.79 Å². The maximum absolute atomic E-state index is 12.1. The molecule has 10 nitrogen and oxygen atoms in total. The first-order valence-corrected chi connectivity index (χ1v) is 8.05. The Bertz CT molecular complexity index is 496. The van der Waals surface area contributed by atoms with Crippen molar-refractivity contribution < 1.29 is 29.4 Å². The first-order chi connectivity index (χ1) is 11.5. The third kappa shape index (κ3) is 7.48. The number of carboxylic acids is 1. The van der Waals surface area contributed by atoms with Gasteiger partial charge in [-0.15, -0.1) is 0 Å². The standard InChI is InChI=1S/C15H28N4O6/c1-5-7(2)11(15(24)25)19-14(23)10(6-20)18-13(22)9(4)17-12(21)8(3)16/h7-11,20H,5-6,16H2,1-4H3,(H,17,21)(H,18,22)(H,19,23)(H,24,25). The molecule has 0 aromatic rings. The Balaban J connectivity index is 4.85. The van der Waals surface area contributed by atoms with Crippen molar-refractivity contribution in [3.8, 4) is 0 Å². The molecule has 0 rings (SSSR count). The number of carboxylic acid groups (broad SMARTS) is 1. The molecule has 5 unspecified atom stereocenters. The highest BCUT2D eigenvalue weighted by Crippen LogP contribution is 2.08. The predicted octanol–water partition coefficient (Wildman–Crippen LogP) is -2.07. The van der Waals surface area contributed by atoms with Gasteiger partial charge in [0.15, 0.2) is 0 Å². The minimum absolute atomic E-state index is 0.333. The summed E-state index contributed by atoms with van der Waals surface area (Å²) < 4.78 is 0. The molecule has 0 radical (unpaired) electrons. The zero-order valence-electron chi connectivity index (χ0n) is 14.9. The quantitative estimate of drug-likeness (QED) is 0.260. The Morgan fingerprint density at radius 1 is 0.960 bits per heavy atom. The summed E-state index contributed by atoms with van der Waals surface area (Å²) in [6.07, 6.45) is 0.522. The second-order valence-electron chi connectivity index (χ2n) is 5.97. The van der Waals surface area contributed by atoms with Crippen LogP contribution in [-0.4, -0.2) is 64.7 Å². The molecule has 0 saturated carbocycles. The molecule has 5 atom stereocenters. The van der Waals surface area contributed by atoms with Gasteiger partial charge >= 0.3 is 5.97 Å². The van der Waals surface area contributed by atoms with Crippen LogP contribution in [0.25, 0.3) is 0 Å². The molecule has 0 fully saturated rings. The third-order valence-corrected chi connectivity index (χ3v) is 3.76. The molecule has 0 aliphatic carbocycles. The van der Waals surface area contributed by atoms with E-state index >= 15 is 0 Å². The number of hydrogen-bond donors (Lipinski definition) is 6. The summed E-state index contributed by atoms with van der Waals surface area (Å²) >= 11 is 0. The molecular formula is C15H28N4O6. The fourth-order valence-corrected chi connectivity index (χ4v) is 1.84. The van der Waals surface area contributed by atoms with Crippen LogP contribution in [-0.2, 0) is 19.2 Å². The number of amides is 3. The number of nitrogens with one attached hydrogen (secondary N) is 3. The molecule has 7 N–H and O–H groups in total. The SMILES string of the molecule is CCC(C)C(NC(=O)C(CO)NC(=O)C(C)NC(=O)C(C)N)C(=O)O. The van der Waals surface area contributed by atoms with Crippen molar-refractivity contribution in [2.75, 3.05) is 6.61 Å². The summed E-state index contributed by atoms with van der Waals surface area (Å²) in [6.45, 7) is 5.56. The Hall–Kier alpha value is -2.20. The number of hydrogen-bond acceptors (Lipinski definition) is 6. The number of carbonyl (C=O) groups is 4. The Morgan fingerprint density at radius 2 is 1.52 bits per heavy atom. The summed E-state index contributed by atoms with van der Waals surface area (Å²) in [7, 11) is 0. The highest BCUT2D eigenvalue weighted by Gasteiger charge is 2.30. The lowest BCUT2D eigenvalue weighted by Gasteiger charge is -2.24.